The Kier molecular flexibility index (Phi) is 1.85. The first-order valence-electron chi connectivity index (χ1n) is 3.95. The second-order valence-corrected chi connectivity index (χ2v) is 3.41. The Morgan fingerprint density at radius 3 is 2.92 bits per heavy atom. The second kappa shape index (κ2) is 2.89. The van der Waals surface area contributed by atoms with Gasteiger partial charge in [0.25, 0.3) is 0 Å². The van der Waals surface area contributed by atoms with Gasteiger partial charge in [-0.05, 0) is 19.1 Å². The fourth-order valence-electron chi connectivity index (χ4n) is 1.48. The molecule has 2 rings (SSSR count). The Balaban J connectivity index is 2.86. The predicted octanol–water partition coefficient (Wildman–Crippen LogP) is 2.94. The highest BCUT2D eigenvalue weighted by Gasteiger charge is 2.06. The van der Waals surface area contributed by atoms with E-state index in [1.54, 1.807) is 6.07 Å². The van der Waals surface area contributed by atoms with E-state index in [1.165, 1.54) is 0 Å². The SMILES string of the molecule is Cc1[nH]c2cc(Cl)ccc2c1C=O. The van der Waals surface area contributed by atoms with Crippen LogP contribution in [0.25, 0.3) is 10.9 Å². The van der Waals surface area contributed by atoms with Crippen molar-refractivity contribution in [2.45, 2.75) is 6.92 Å². The van der Waals surface area contributed by atoms with Crippen molar-refractivity contribution >= 4 is 28.8 Å². The molecule has 1 N–H and O–H groups in total. The Hall–Kier alpha value is -1.28. The molecule has 0 aliphatic carbocycles. The molecule has 0 fully saturated rings. The number of aldehydes is 1. The van der Waals surface area contributed by atoms with Crippen molar-refractivity contribution in [2.75, 3.05) is 0 Å². The maximum atomic E-state index is 10.7. The van der Waals surface area contributed by atoms with Crippen LogP contribution in [0.5, 0.6) is 0 Å². The summed E-state index contributed by atoms with van der Waals surface area (Å²) in [6.07, 6.45) is 0.863. The Morgan fingerprint density at radius 2 is 2.23 bits per heavy atom. The minimum Gasteiger partial charge on any atom is -0.358 e. The van der Waals surface area contributed by atoms with Crippen molar-refractivity contribution in [3.8, 4) is 0 Å². The molecule has 13 heavy (non-hydrogen) atoms. The molecule has 3 heteroatoms. The number of benzene rings is 1. The van der Waals surface area contributed by atoms with E-state index in [4.69, 9.17) is 11.6 Å². The first-order chi connectivity index (χ1) is 6.22. The number of halogens is 1. The fourth-order valence-corrected chi connectivity index (χ4v) is 1.65. The van der Waals surface area contributed by atoms with E-state index < -0.39 is 0 Å². The summed E-state index contributed by atoms with van der Waals surface area (Å²) in [5.74, 6) is 0. The highest BCUT2D eigenvalue weighted by Crippen LogP contribution is 2.23. The minimum absolute atomic E-state index is 0.672. The molecule has 0 amide bonds. The summed E-state index contributed by atoms with van der Waals surface area (Å²) < 4.78 is 0. The van der Waals surface area contributed by atoms with Crippen molar-refractivity contribution in [3.63, 3.8) is 0 Å². The van der Waals surface area contributed by atoms with Crippen molar-refractivity contribution in [1.82, 2.24) is 4.98 Å². The number of carbonyl (C=O) groups excluding carboxylic acids is 1. The average Bonchev–Trinajstić information content (AvgIpc) is 2.39. The molecule has 1 aromatic heterocycles. The highest BCUT2D eigenvalue weighted by molar-refractivity contribution is 6.31. The molecule has 0 aliphatic heterocycles. The van der Waals surface area contributed by atoms with Crippen LogP contribution in [0.1, 0.15) is 16.1 Å². The van der Waals surface area contributed by atoms with Gasteiger partial charge in [-0.3, -0.25) is 4.79 Å². The molecule has 0 saturated carbocycles. The van der Waals surface area contributed by atoms with Crippen molar-refractivity contribution in [1.29, 1.82) is 0 Å². The number of aryl methyl sites for hydroxylation is 1. The maximum Gasteiger partial charge on any atom is 0.152 e. The Morgan fingerprint density at radius 1 is 1.46 bits per heavy atom. The largest absolute Gasteiger partial charge is 0.358 e. The van der Waals surface area contributed by atoms with Crippen LogP contribution in [-0.2, 0) is 0 Å². The van der Waals surface area contributed by atoms with Crippen molar-refractivity contribution in [3.05, 3.63) is 34.5 Å². The quantitative estimate of drug-likeness (QED) is 0.694. The summed E-state index contributed by atoms with van der Waals surface area (Å²) in [4.78, 5) is 13.8. The first-order valence-corrected chi connectivity index (χ1v) is 4.33. The standard InChI is InChI=1S/C10H8ClNO/c1-6-9(5-13)8-3-2-7(11)4-10(8)12-6/h2-5,12H,1H3. The smallest absolute Gasteiger partial charge is 0.152 e. The lowest BCUT2D eigenvalue weighted by atomic mass is 10.1. The first kappa shape index (κ1) is 8.32. The molecule has 1 aromatic carbocycles. The van der Waals surface area contributed by atoms with E-state index in [-0.39, 0.29) is 0 Å². The van der Waals surface area contributed by atoms with Gasteiger partial charge in [0.1, 0.15) is 0 Å². The van der Waals surface area contributed by atoms with Crippen molar-refractivity contribution in [2.24, 2.45) is 0 Å². The average molecular weight is 194 g/mol. The predicted molar refractivity (Wildman–Crippen MR) is 53.4 cm³/mol. The number of H-pyrrole nitrogens is 1. The summed E-state index contributed by atoms with van der Waals surface area (Å²) in [5.41, 5.74) is 2.51. The lowest BCUT2D eigenvalue weighted by molar-refractivity contribution is 0.112. The van der Waals surface area contributed by atoms with E-state index in [0.29, 0.717) is 10.6 Å². The highest BCUT2D eigenvalue weighted by atomic mass is 35.5. The van der Waals surface area contributed by atoms with Gasteiger partial charge >= 0.3 is 0 Å². The number of hydrogen-bond acceptors (Lipinski definition) is 1. The van der Waals surface area contributed by atoms with E-state index in [0.717, 1.165) is 22.9 Å². The molecule has 0 spiro atoms. The summed E-state index contributed by atoms with van der Waals surface area (Å²) in [7, 11) is 0. The molecule has 66 valence electrons. The maximum absolute atomic E-state index is 10.7. The zero-order valence-electron chi connectivity index (χ0n) is 7.10. The molecule has 0 atom stereocenters. The van der Waals surface area contributed by atoms with Crippen LogP contribution in [0.15, 0.2) is 18.2 Å². The molecule has 0 radical (unpaired) electrons. The summed E-state index contributed by atoms with van der Waals surface area (Å²) in [6.45, 7) is 1.87. The van der Waals surface area contributed by atoms with Gasteiger partial charge < -0.3 is 4.98 Å². The van der Waals surface area contributed by atoms with Gasteiger partial charge in [0.2, 0.25) is 0 Å². The van der Waals surface area contributed by atoms with Crippen LogP contribution < -0.4 is 0 Å². The molecular formula is C10H8ClNO. The van der Waals surface area contributed by atoms with E-state index in [9.17, 15) is 4.79 Å². The number of aromatic amines is 1. The normalized spacial score (nSPS) is 10.6. The molecular weight excluding hydrogens is 186 g/mol. The number of carbonyl (C=O) groups is 1. The summed E-state index contributed by atoms with van der Waals surface area (Å²) in [5, 5.41) is 1.60. The molecule has 0 saturated heterocycles. The van der Waals surface area contributed by atoms with Gasteiger partial charge in [-0.15, -0.1) is 0 Å². The third kappa shape index (κ3) is 1.23. The molecule has 1 heterocycles. The van der Waals surface area contributed by atoms with Gasteiger partial charge in [0.15, 0.2) is 6.29 Å². The van der Waals surface area contributed by atoms with Gasteiger partial charge in [0.05, 0.1) is 0 Å². The van der Waals surface area contributed by atoms with Crippen LogP contribution in [0.3, 0.4) is 0 Å². The zero-order chi connectivity index (χ0) is 9.42. The second-order valence-electron chi connectivity index (χ2n) is 2.97. The Labute approximate surface area is 80.5 Å². The fraction of sp³-hybridized carbons (Fsp3) is 0.100. The third-order valence-corrected chi connectivity index (χ3v) is 2.35. The lowest BCUT2D eigenvalue weighted by Gasteiger charge is -1.90. The number of rotatable bonds is 1. The van der Waals surface area contributed by atoms with E-state index in [2.05, 4.69) is 4.98 Å². The summed E-state index contributed by atoms with van der Waals surface area (Å²) >= 11 is 5.82. The van der Waals surface area contributed by atoms with Crippen LogP contribution >= 0.6 is 11.6 Å². The molecule has 2 nitrogen and oxygen atoms in total. The molecule has 2 aromatic rings. The number of fused-ring (bicyclic) bond motifs is 1. The van der Waals surface area contributed by atoms with Crippen LogP contribution in [0.4, 0.5) is 0 Å². The monoisotopic (exact) mass is 193 g/mol. The van der Waals surface area contributed by atoms with E-state index in [1.807, 2.05) is 19.1 Å². The molecule has 0 unspecified atom stereocenters. The van der Waals surface area contributed by atoms with E-state index >= 15 is 0 Å². The van der Waals surface area contributed by atoms with Gasteiger partial charge in [-0.25, -0.2) is 0 Å². The van der Waals surface area contributed by atoms with Gasteiger partial charge in [-0.1, -0.05) is 17.7 Å². The van der Waals surface area contributed by atoms with Gasteiger partial charge in [-0.2, -0.15) is 0 Å². The van der Waals surface area contributed by atoms with Gasteiger partial charge in [0, 0.05) is 27.2 Å². The third-order valence-electron chi connectivity index (χ3n) is 2.12. The number of aromatic nitrogens is 1. The van der Waals surface area contributed by atoms with Crippen molar-refractivity contribution < 1.29 is 4.79 Å². The molecule has 0 aliphatic rings. The lowest BCUT2D eigenvalue weighted by Crippen LogP contribution is -1.79. The van der Waals surface area contributed by atoms with Crippen LogP contribution in [0, 0.1) is 6.92 Å². The zero-order valence-corrected chi connectivity index (χ0v) is 7.85. The van der Waals surface area contributed by atoms with Crippen LogP contribution in [0.2, 0.25) is 5.02 Å². The number of hydrogen-bond donors (Lipinski definition) is 1. The van der Waals surface area contributed by atoms with Crippen LogP contribution in [-0.4, -0.2) is 11.3 Å². The minimum atomic E-state index is 0.672. The number of nitrogens with one attached hydrogen (secondary N) is 1. The Bertz CT molecular complexity index is 473. The topological polar surface area (TPSA) is 32.9 Å². The summed E-state index contributed by atoms with van der Waals surface area (Å²) in [6, 6.07) is 5.45. The molecule has 0 bridgehead atoms.